The van der Waals surface area contributed by atoms with Crippen LogP contribution in [-0.2, 0) is 28.9 Å². The van der Waals surface area contributed by atoms with Gasteiger partial charge in [-0.15, -0.1) is 0 Å². The summed E-state index contributed by atoms with van der Waals surface area (Å²) in [4.78, 5) is 29.1. The Balaban J connectivity index is 1.45. The number of rotatable bonds is 6. The SMILES string of the molecule is O=C(CSc1nc(=O)n(CC2CCCO2)c2c1CCC2)Nc1ccc(F)c(Cl)c1. The van der Waals surface area contributed by atoms with Gasteiger partial charge in [0.1, 0.15) is 10.8 Å². The molecular weight excluding hydrogens is 417 g/mol. The Morgan fingerprint density at radius 1 is 1.38 bits per heavy atom. The number of nitrogens with one attached hydrogen (secondary N) is 1. The van der Waals surface area contributed by atoms with Gasteiger partial charge in [0.2, 0.25) is 5.91 Å². The van der Waals surface area contributed by atoms with Gasteiger partial charge in [-0.2, -0.15) is 4.98 Å². The van der Waals surface area contributed by atoms with Crippen molar-refractivity contribution in [2.24, 2.45) is 0 Å². The average Bonchev–Trinajstić information content (AvgIpc) is 3.37. The maximum absolute atomic E-state index is 13.2. The maximum atomic E-state index is 13.2. The zero-order valence-electron chi connectivity index (χ0n) is 15.7. The number of ether oxygens (including phenoxy) is 1. The van der Waals surface area contributed by atoms with Crippen molar-refractivity contribution in [3.05, 3.63) is 50.8 Å². The topological polar surface area (TPSA) is 73.2 Å². The molecular formula is C20H21ClFN3O3S. The quantitative estimate of drug-likeness (QED) is 0.553. The van der Waals surface area contributed by atoms with E-state index in [9.17, 15) is 14.0 Å². The Morgan fingerprint density at radius 2 is 2.24 bits per heavy atom. The summed E-state index contributed by atoms with van der Waals surface area (Å²) in [6.45, 7) is 1.29. The molecule has 1 aliphatic carbocycles. The molecule has 1 fully saturated rings. The molecule has 1 aliphatic heterocycles. The molecule has 0 radical (unpaired) electrons. The minimum atomic E-state index is -0.539. The zero-order valence-corrected chi connectivity index (χ0v) is 17.3. The van der Waals surface area contributed by atoms with E-state index in [1.807, 2.05) is 0 Å². The molecule has 1 aromatic heterocycles. The average molecular weight is 438 g/mol. The molecule has 29 heavy (non-hydrogen) atoms. The highest BCUT2D eigenvalue weighted by atomic mass is 35.5. The minimum absolute atomic E-state index is 0.0511. The molecule has 6 nitrogen and oxygen atoms in total. The van der Waals surface area contributed by atoms with Crippen LogP contribution >= 0.6 is 23.4 Å². The van der Waals surface area contributed by atoms with Crippen LogP contribution in [0.3, 0.4) is 0 Å². The van der Waals surface area contributed by atoms with Crippen molar-refractivity contribution >= 4 is 35.0 Å². The number of hydrogen-bond donors (Lipinski definition) is 1. The maximum Gasteiger partial charge on any atom is 0.348 e. The van der Waals surface area contributed by atoms with Gasteiger partial charge in [0, 0.05) is 23.6 Å². The number of nitrogens with zero attached hydrogens (tertiary/aromatic N) is 2. The van der Waals surface area contributed by atoms with Crippen LogP contribution in [0.15, 0.2) is 28.0 Å². The minimum Gasteiger partial charge on any atom is -0.376 e. The third-order valence-electron chi connectivity index (χ3n) is 5.15. The molecule has 1 amide bonds. The molecule has 1 aromatic carbocycles. The van der Waals surface area contributed by atoms with E-state index in [0.717, 1.165) is 50.0 Å². The van der Waals surface area contributed by atoms with E-state index in [1.54, 1.807) is 4.57 Å². The molecule has 0 bridgehead atoms. The van der Waals surface area contributed by atoms with E-state index in [-0.39, 0.29) is 28.5 Å². The van der Waals surface area contributed by atoms with Crippen LogP contribution in [0, 0.1) is 5.82 Å². The second kappa shape index (κ2) is 8.85. The number of fused-ring (bicyclic) bond motifs is 1. The van der Waals surface area contributed by atoms with Crippen molar-refractivity contribution in [2.75, 3.05) is 17.7 Å². The lowest BCUT2D eigenvalue weighted by atomic mass is 10.2. The van der Waals surface area contributed by atoms with Crippen molar-refractivity contribution in [3.8, 4) is 0 Å². The fraction of sp³-hybridized carbons (Fsp3) is 0.450. The predicted molar refractivity (Wildman–Crippen MR) is 110 cm³/mol. The van der Waals surface area contributed by atoms with Gasteiger partial charge in [-0.3, -0.25) is 9.36 Å². The zero-order chi connectivity index (χ0) is 20.4. The Labute approximate surface area is 176 Å². The highest BCUT2D eigenvalue weighted by Gasteiger charge is 2.25. The van der Waals surface area contributed by atoms with Crippen molar-refractivity contribution in [2.45, 2.75) is 49.8 Å². The smallest absolute Gasteiger partial charge is 0.348 e. The number of benzene rings is 1. The standard InChI is InChI=1S/C20H21ClFN3O3S/c21-15-9-12(6-7-16(15)22)23-18(26)11-29-19-14-4-1-5-17(14)25(20(27)24-19)10-13-3-2-8-28-13/h6-7,9,13H,1-5,8,10-11H2,(H,23,26). The number of carbonyl (C=O) groups excluding carboxylic acids is 1. The fourth-order valence-corrected chi connectivity index (χ4v) is 4.85. The van der Waals surface area contributed by atoms with E-state index in [4.69, 9.17) is 16.3 Å². The summed E-state index contributed by atoms with van der Waals surface area (Å²) in [5.41, 5.74) is 2.22. The number of thioether (sulfide) groups is 1. The number of hydrogen-bond acceptors (Lipinski definition) is 5. The van der Waals surface area contributed by atoms with Gasteiger partial charge in [-0.25, -0.2) is 9.18 Å². The summed E-state index contributed by atoms with van der Waals surface area (Å²) in [7, 11) is 0. The molecule has 2 aliphatic rings. The number of carbonyl (C=O) groups is 1. The van der Waals surface area contributed by atoms with Crippen LogP contribution in [-0.4, -0.2) is 33.9 Å². The Bertz CT molecular complexity index is 992. The van der Waals surface area contributed by atoms with Crippen LogP contribution < -0.4 is 11.0 Å². The molecule has 1 saturated heterocycles. The summed E-state index contributed by atoms with van der Waals surface area (Å²) < 4.78 is 20.7. The highest BCUT2D eigenvalue weighted by Crippen LogP contribution is 2.30. The van der Waals surface area contributed by atoms with Gasteiger partial charge in [0.25, 0.3) is 0 Å². The van der Waals surface area contributed by atoms with Gasteiger partial charge in [0.15, 0.2) is 0 Å². The fourth-order valence-electron chi connectivity index (χ4n) is 3.79. The lowest BCUT2D eigenvalue weighted by Crippen LogP contribution is -2.31. The molecule has 2 heterocycles. The third-order valence-corrected chi connectivity index (χ3v) is 6.46. The molecule has 9 heteroatoms. The summed E-state index contributed by atoms with van der Waals surface area (Å²) in [5, 5.41) is 3.26. The first kappa shape index (κ1) is 20.4. The van der Waals surface area contributed by atoms with E-state index in [0.29, 0.717) is 17.3 Å². The second-order valence-electron chi connectivity index (χ2n) is 7.19. The van der Waals surface area contributed by atoms with E-state index >= 15 is 0 Å². The normalized spacial score (nSPS) is 18.1. The van der Waals surface area contributed by atoms with Crippen LogP contribution in [0.5, 0.6) is 0 Å². The van der Waals surface area contributed by atoms with Crippen LogP contribution in [0.4, 0.5) is 10.1 Å². The summed E-state index contributed by atoms with van der Waals surface area (Å²) >= 11 is 6.99. The number of amides is 1. The number of halogens is 2. The van der Waals surface area contributed by atoms with Crippen molar-refractivity contribution < 1.29 is 13.9 Å². The van der Waals surface area contributed by atoms with Gasteiger partial charge in [0.05, 0.1) is 23.4 Å². The van der Waals surface area contributed by atoms with Gasteiger partial charge in [-0.1, -0.05) is 23.4 Å². The van der Waals surface area contributed by atoms with E-state index in [1.165, 1.54) is 30.0 Å². The van der Waals surface area contributed by atoms with Crippen LogP contribution in [0.25, 0.3) is 0 Å². The first-order valence-electron chi connectivity index (χ1n) is 9.63. The van der Waals surface area contributed by atoms with E-state index in [2.05, 4.69) is 10.3 Å². The molecule has 0 saturated carbocycles. The largest absolute Gasteiger partial charge is 0.376 e. The first-order chi connectivity index (χ1) is 14.0. The van der Waals surface area contributed by atoms with Crippen molar-refractivity contribution in [1.82, 2.24) is 9.55 Å². The van der Waals surface area contributed by atoms with Gasteiger partial charge in [-0.05, 0) is 50.3 Å². The summed E-state index contributed by atoms with van der Waals surface area (Å²) in [6.07, 6.45) is 4.73. The van der Waals surface area contributed by atoms with E-state index < -0.39 is 5.82 Å². The number of anilines is 1. The third kappa shape index (κ3) is 4.65. The number of aromatic nitrogens is 2. The monoisotopic (exact) mass is 437 g/mol. The summed E-state index contributed by atoms with van der Waals surface area (Å²) in [6, 6.07) is 4.01. The highest BCUT2D eigenvalue weighted by molar-refractivity contribution is 8.00. The molecule has 1 atom stereocenters. The van der Waals surface area contributed by atoms with Crippen LogP contribution in [0.1, 0.15) is 30.5 Å². The van der Waals surface area contributed by atoms with Crippen molar-refractivity contribution in [3.63, 3.8) is 0 Å². The molecule has 1 N–H and O–H groups in total. The molecule has 0 spiro atoms. The van der Waals surface area contributed by atoms with Crippen molar-refractivity contribution in [1.29, 1.82) is 0 Å². The second-order valence-corrected chi connectivity index (χ2v) is 8.56. The first-order valence-corrected chi connectivity index (χ1v) is 11.0. The molecule has 2 aromatic rings. The lowest BCUT2D eigenvalue weighted by molar-refractivity contribution is -0.113. The van der Waals surface area contributed by atoms with Crippen LogP contribution in [0.2, 0.25) is 5.02 Å². The van der Waals surface area contributed by atoms with Gasteiger partial charge < -0.3 is 10.1 Å². The lowest BCUT2D eigenvalue weighted by Gasteiger charge is -2.17. The Hall–Kier alpha value is -1.90. The predicted octanol–water partition coefficient (Wildman–Crippen LogP) is 3.43. The Kier molecular flexibility index (Phi) is 6.22. The Morgan fingerprint density at radius 3 is 3.00 bits per heavy atom. The molecule has 154 valence electrons. The summed E-state index contributed by atoms with van der Waals surface area (Å²) in [5.74, 6) is -0.707. The van der Waals surface area contributed by atoms with Gasteiger partial charge >= 0.3 is 5.69 Å². The molecule has 1 unspecified atom stereocenters. The molecule has 4 rings (SSSR count).